The van der Waals surface area contributed by atoms with Gasteiger partial charge in [0.1, 0.15) is 5.25 Å². The van der Waals surface area contributed by atoms with E-state index in [-0.39, 0.29) is 11.5 Å². The lowest BCUT2D eigenvalue weighted by atomic mass is 10.1. The minimum Gasteiger partial charge on any atom is -0.480 e. The molecule has 4 nitrogen and oxygen atoms in total. The summed E-state index contributed by atoms with van der Waals surface area (Å²) in [6.45, 7) is 3.75. The minimum atomic E-state index is -0.959. The molecule has 2 N–H and O–H groups in total. The van der Waals surface area contributed by atoms with Gasteiger partial charge in [-0.1, -0.05) is 26.0 Å². The van der Waals surface area contributed by atoms with Gasteiger partial charge in [0.2, 0.25) is 0 Å². The van der Waals surface area contributed by atoms with Crippen molar-refractivity contribution in [3.05, 3.63) is 35.4 Å². The molecule has 1 rings (SSSR count). The molecule has 0 aliphatic rings. The normalized spacial score (nSPS) is 12.4. The number of hydrogen-bond acceptors (Lipinski definition) is 3. The highest BCUT2D eigenvalue weighted by atomic mass is 32.2. The highest BCUT2D eigenvalue weighted by molar-refractivity contribution is 7.99. The number of benzene rings is 1. The Kier molecular flexibility index (Phi) is 5.22. The number of carboxylic acid groups (broad SMARTS) is 2. The summed E-state index contributed by atoms with van der Waals surface area (Å²) in [4.78, 5) is 21.7. The van der Waals surface area contributed by atoms with Gasteiger partial charge in [0.25, 0.3) is 0 Å². The standard InChI is InChI=1S/C13H16O4S/c1-8(2)11(13(16)17)18-7-9-3-5-10(6-4-9)12(14)15/h3-6,8,11H,7H2,1-2H3,(H,14,15)(H,16,17). The predicted molar refractivity (Wildman–Crippen MR) is 71.0 cm³/mol. The second kappa shape index (κ2) is 6.44. The molecule has 0 aliphatic heterocycles. The van der Waals surface area contributed by atoms with Crippen LogP contribution in [0.4, 0.5) is 0 Å². The lowest BCUT2D eigenvalue weighted by Gasteiger charge is -2.15. The van der Waals surface area contributed by atoms with Crippen molar-refractivity contribution in [2.24, 2.45) is 5.92 Å². The summed E-state index contributed by atoms with van der Waals surface area (Å²) in [6.07, 6.45) is 0. The van der Waals surface area contributed by atoms with E-state index in [9.17, 15) is 9.59 Å². The highest BCUT2D eigenvalue weighted by Gasteiger charge is 2.21. The molecule has 1 aromatic carbocycles. The fourth-order valence-electron chi connectivity index (χ4n) is 1.48. The molecule has 1 aromatic rings. The first kappa shape index (κ1) is 14.6. The molecule has 0 amide bonds. The van der Waals surface area contributed by atoms with Crippen molar-refractivity contribution in [1.29, 1.82) is 0 Å². The summed E-state index contributed by atoms with van der Waals surface area (Å²) in [5.74, 6) is -1.14. The molecule has 0 heterocycles. The summed E-state index contributed by atoms with van der Waals surface area (Å²) in [5, 5.41) is 17.4. The average Bonchev–Trinajstić information content (AvgIpc) is 2.28. The third kappa shape index (κ3) is 4.07. The molecule has 5 heteroatoms. The molecule has 0 saturated heterocycles. The van der Waals surface area contributed by atoms with E-state index in [4.69, 9.17) is 10.2 Å². The summed E-state index contributed by atoms with van der Waals surface area (Å²) in [7, 11) is 0. The van der Waals surface area contributed by atoms with Gasteiger partial charge < -0.3 is 10.2 Å². The number of rotatable bonds is 6. The van der Waals surface area contributed by atoms with Crippen molar-refractivity contribution in [2.75, 3.05) is 0 Å². The summed E-state index contributed by atoms with van der Waals surface area (Å²) in [5.41, 5.74) is 1.17. The van der Waals surface area contributed by atoms with Crippen LogP contribution in [0.15, 0.2) is 24.3 Å². The Morgan fingerprint density at radius 1 is 1.17 bits per heavy atom. The van der Waals surface area contributed by atoms with Crippen LogP contribution in [0.3, 0.4) is 0 Å². The van der Waals surface area contributed by atoms with Crippen LogP contribution in [0.25, 0.3) is 0 Å². The Bertz CT molecular complexity index is 425. The van der Waals surface area contributed by atoms with Crippen LogP contribution in [-0.2, 0) is 10.5 Å². The van der Waals surface area contributed by atoms with Gasteiger partial charge in [-0.05, 0) is 23.6 Å². The molecule has 18 heavy (non-hydrogen) atoms. The second-order valence-electron chi connectivity index (χ2n) is 4.32. The topological polar surface area (TPSA) is 74.6 Å². The SMILES string of the molecule is CC(C)C(SCc1ccc(C(=O)O)cc1)C(=O)O. The monoisotopic (exact) mass is 268 g/mol. The van der Waals surface area contributed by atoms with E-state index in [1.807, 2.05) is 13.8 Å². The van der Waals surface area contributed by atoms with Gasteiger partial charge in [-0.3, -0.25) is 4.79 Å². The largest absolute Gasteiger partial charge is 0.480 e. The number of aliphatic carboxylic acids is 1. The van der Waals surface area contributed by atoms with Gasteiger partial charge in [-0.25, -0.2) is 4.79 Å². The van der Waals surface area contributed by atoms with Crippen LogP contribution >= 0.6 is 11.8 Å². The molecule has 1 unspecified atom stereocenters. The van der Waals surface area contributed by atoms with Gasteiger partial charge in [0.05, 0.1) is 5.56 Å². The van der Waals surface area contributed by atoms with Gasteiger partial charge in [0.15, 0.2) is 0 Å². The lowest BCUT2D eigenvalue weighted by Crippen LogP contribution is -2.22. The van der Waals surface area contributed by atoms with Gasteiger partial charge in [-0.15, -0.1) is 11.8 Å². The van der Waals surface area contributed by atoms with Gasteiger partial charge in [-0.2, -0.15) is 0 Å². The second-order valence-corrected chi connectivity index (χ2v) is 5.45. The summed E-state index contributed by atoms with van der Waals surface area (Å²) >= 11 is 1.36. The predicted octanol–water partition coefficient (Wildman–Crippen LogP) is 2.73. The minimum absolute atomic E-state index is 0.0609. The van der Waals surface area contributed by atoms with Gasteiger partial charge in [0, 0.05) is 5.75 Å². The van der Waals surface area contributed by atoms with E-state index in [1.165, 1.54) is 23.9 Å². The quantitative estimate of drug-likeness (QED) is 0.829. The molecule has 98 valence electrons. The fourth-order valence-corrected chi connectivity index (χ4v) is 2.57. The molecule has 0 fully saturated rings. The molecule has 0 radical (unpaired) electrons. The zero-order valence-corrected chi connectivity index (χ0v) is 11.1. The van der Waals surface area contributed by atoms with Crippen molar-refractivity contribution in [1.82, 2.24) is 0 Å². The Labute approximate surface area is 110 Å². The van der Waals surface area contributed by atoms with Crippen LogP contribution in [0.2, 0.25) is 0 Å². The van der Waals surface area contributed by atoms with E-state index in [2.05, 4.69) is 0 Å². The Hall–Kier alpha value is -1.49. The fraction of sp³-hybridized carbons (Fsp3) is 0.385. The average molecular weight is 268 g/mol. The molecule has 0 aromatic heterocycles. The number of aromatic carboxylic acids is 1. The van der Waals surface area contributed by atoms with E-state index in [0.717, 1.165) is 5.56 Å². The third-order valence-electron chi connectivity index (χ3n) is 2.48. The first-order valence-electron chi connectivity index (χ1n) is 5.58. The first-order valence-corrected chi connectivity index (χ1v) is 6.63. The van der Waals surface area contributed by atoms with Crippen molar-refractivity contribution >= 4 is 23.7 Å². The van der Waals surface area contributed by atoms with Crippen LogP contribution in [0.5, 0.6) is 0 Å². The first-order chi connectivity index (χ1) is 8.41. The summed E-state index contributed by atoms with van der Waals surface area (Å²) in [6, 6.07) is 6.50. The van der Waals surface area contributed by atoms with Crippen LogP contribution in [0.1, 0.15) is 29.8 Å². The van der Waals surface area contributed by atoms with E-state index in [1.54, 1.807) is 12.1 Å². The third-order valence-corrected chi connectivity index (χ3v) is 4.08. The van der Waals surface area contributed by atoms with E-state index in [0.29, 0.717) is 5.75 Å². The smallest absolute Gasteiger partial charge is 0.335 e. The lowest BCUT2D eigenvalue weighted by molar-refractivity contribution is -0.137. The molecule has 1 atom stereocenters. The Balaban J connectivity index is 2.62. The molecular formula is C13H16O4S. The Morgan fingerprint density at radius 2 is 1.72 bits per heavy atom. The van der Waals surface area contributed by atoms with Crippen molar-refractivity contribution in [2.45, 2.75) is 24.9 Å². The van der Waals surface area contributed by atoms with E-state index < -0.39 is 17.2 Å². The maximum absolute atomic E-state index is 11.0. The highest BCUT2D eigenvalue weighted by Crippen LogP contribution is 2.24. The summed E-state index contributed by atoms with van der Waals surface area (Å²) < 4.78 is 0. The Morgan fingerprint density at radius 3 is 2.11 bits per heavy atom. The molecule has 0 aliphatic carbocycles. The van der Waals surface area contributed by atoms with Crippen LogP contribution in [0, 0.1) is 5.92 Å². The van der Waals surface area contributed by atoms with Crippen molar-refractivity contribution in [3.63, 3.8) is 0 Å². The van der Waals surface area contributed by atoms with Crippen molar-refractivity contribution in [3.8, 4) is 0 Å². The zero-order valence-electron chi connectivity index (χ0n) is 10.3. The molecule has 0 spiro atoms. The van der Waals surface area contributed by atoms with E-state index >= 15 is 0 Å². The number of thioether (sulfide) groups is 1. The zero-order chi connectivity index (χ0) is 13.7. The van der Waals surface area contributed by atoms with Crippen LogP contribution in [-0.4, -0.2) is 27.4 Å². The number of hydrogen-bond donors (Lipinski definition) is 2. The van der Waals surface area contributed by atoms with Crippen LogP contribution < -0.4 is 0 Å². The molecule has 0 bridgehead atoms. The number of carbonyl (C=O) groups is 2. The van der Waals surface area contributed by atoms with Gasteiger partial charge >= 0.3 is 11.9 Å². The molecular weight excluding hydrogens is 252 g/mol. The maximum atomic E-state index is 11.0. The number of carboxylic acids is 2. The maximum Gasteiger partial charge on any atom is 0.335 e. The molecule has 0 saturated carbocycles. The van der Waals surface area contributed by atoms with Crippen molar-refractivity contribution < 1.29 is 19.8 Å².